The average Bonchev–Trinajstić information content (AvgIpc) is 2.56. The number of imidazole rings is 1. The molecule has 0 amide bonds. The highest BCUT2D eigenvalue weighted by Gasteiger charge is 2.15. The topological polar surface area (TPSA) is 43.8 Å². The molecule has 3 heteroatoms. The number of hydrogen-bond donors (Lipinski definition) is 1. The van der Waals surface area contributed by atoms with Crippen LogP contribution in [0.25, 0.3) is 11.4 Å². The van der Waals surface area contributed by atoms with Gasteiger partial charge in [-0.3, -0.25) is 0 Å². The van der Waals surface area contributed by atoms with Crippen molar-refractivity contribution >= 4 is 0 Å². The summed E-state index contributed by atoms with van der Waals surface area (Å²) >= 11 is 0. The van der Waals surface area contributed by atoms with E-state index in [1.165, 1.54) is 22.3 Å². The van der Waals surface area contributed by atoms with Crippen LogP contribution >= 0.6 is 0 Å². The summed E-state index contributed by atoms with van der Waals surface area (Å²) in [6.07, 6.45) is 0. The molecule has 1 heterocycles. The first-order chi connectivity index (χ1) is 8.45. The van der Waals surface area contributed by atoms with Gasteiger partial charge in [0.2, 0.25) is 0 Å². The van der Waals surface area contributed by atoms with Crippen LogP contribution in [-0.4, -0.2) is 9.55 Å². The van der Waals surface area contributed by atoms with E-state index in [9.17, 15) is 0 Å². The van der Waals surface area contributed by atoms with Gasteiger partial charge in [-0.1, -0.05) is 17.7 Å². The molecule has 2 N–H and O–H groups in total. The van der Waals surface area contributed by atoms with E-state index >= 15 is 0 Å². The zero-order valence-electron chi connectivity index (χ0n) is 11.8. The molecule has 18 heavy (non-hydrogen) atoms. The van der Waals surface area contributed by atoms with Crippen molar-refractivity contribution in [3.05, 3.63) is 40.2 Å². The molecule has 1 aromatic heterocycles. The maximum absolute atomic E-state index is 5.74. The van der Waals surface area contributed by atoms with Crippen molar-refractivity contribution in [1.82, 2.24) is 9.55 Å². The summed E-state index contributed by atoms with van der Waals surface area (Å²) in [4.78, 5) is 4.69. The van der Waals surface area contributed by atoms with Crippen molar-refractivity contribution in [3.8, 4) is 11.4 Å². The summed E-state index contributed by atoms with van der Waals surface area (Å²) in [5, 5.41) is 0. The van der Waals surface area contributed by atoms with Gasteiger partial charge < -0.3 is 10.3 Å². The second-order valence-corrected chi connectivity index (χ2v) is 5.00. The van der Waals surface area contributed by atoms with E-state index in [4.69, 9.17) is 5.73 Å². The monoisotopic (exact) mass is 243 g/mol. The van der Waals surface area contributed by atoms with Gasteiger partial charge in [-0.2, -0.15) is 0 Å². The van der Waals surface area contributed by atoms with E-state index in [0.29, 0.717) is 6.54 Å². The van der Waals surface area contributed by atoms with E-state index in [2.05, 4.69) is 56.4 Å². The fourth-order valence-corrected chi connectivity index (χ4v) is 2.59. The number of rotatable bonds is 2. The molecule has 0 aliphatic rings. The second-order valence-electron chi connectivity index (χ2n) is 5.00. The van der Waals surface area contributed by atoms with Gasteiger partial charge in [0.05, 0.1) is 5.69 Å². The highest BCUT2D eigenvalue weighted by atomic mass is 15.1. The first-order valence-electron chi connectivity index (χ1n) is 6.26. The molecular weight excluding hydrogens is 222 g/mol. The number of benzene rings is 1. The van der Waals surface area contributed by atoms with Gasteiger partial charge in [0, 0.05) is 24.8 Å². The fourth-order valence-electron chi connectivity index (χ4n) is 2.59. The predicted octanol–water partition coefficient (Wildman–Crippen LogP) is 2.78. The highest BCUT2D eigenvalue weighted by Crippen LogP contribution is 2.28. The fraction of sp³-hybridized carbons (Fsp3) is 0.400. The van der Waals surface area contributed by atoms with Gasteiger partial charge in [0.1, 0.15) is 5.82 Å². The number of hydrogen-bond acceptors (Lipinski definition) is 2. The van der Waals surface area contributed by atoms with Crippen LogP contribution in [0.15, 0.2) is 12.1 Å². The Balaban J connectivity index is 2.70. The third kappa shape index (κ3) is 1.95. The summed E-state index contributed by atoms with van der Waals surface area (Å²) < 4.78 is 2.13. The van der Waals surface area contributed by atoms with Crippen molar-refractivity contribution < 1.29 is 0 Å². The molecule has 0 aliphatic carbocycles. The van der Waals surface area contributed by atoms with Crippen LogP contribution in [0.4, 0.5) is 0 Å². The van der Waals surface area contributed by atoms with Crippen LogP contribution in [0, 0.1) is 27.7 Å². The molecule has 2 rings (SSSR count). The molecule has 3 nitrogen and oxygen atoms in total. The average molecular weight is 243 g/mol. The van der Waals surface area contributed by atoms with Crippen molar-refractivity contribution in [2.75, 3.05) is 0 Å². The van der Waals surface area contributed by atoms with Crippen molar-refractivity contribution in [3.63, 3.8) is 0 Å². The van der Waals surface area contributed by atoms with Gasteiger partial charge in [0.25, 0.3) is 0 Å². The van der Waals surface area contributed by atoms with Crippen LogP contribution in [0.2, 0.25) is 0 Å². The maximum Gasteiger partial charge on any atom is 0.140 e. The Bertz CT molecular complexity index is 571. The Morgan fingerprint density at radius 2 is 1.67 bits per heavy atom. The van der Waals surface area contributed by atoms with Gasteiger partial charge >= 0.3 is 0 Å². The quantitative estimate of drug-likeness (QED) is 0.881. The Morgan fingerprint density at radius 3 is 2.11 bits per heavy atom. The SMILES string of the molecule is Cc1cc(C)c(-c2nc(CN)c(C)n2C)c(C)c1. The van der Waals surface area contributed by atoms with Crippen LogP contribution in [-0.2, 0) is 13.6 Å². The van der Waals surface area contributed by atoms with Crippen molar-refractivity contribution in [2.24, 2.45) is 12.8 Å². The minimum Gasteiger partial charge on any atom is -0.331 e. The summed E-state index contributed by atoms with van der Waals surface area (Å²) in [6, 6.07) is 4.41. The molecule has 0 fully saturated rings. The third-order valence-electron chi connectivity index (χ3n) is 3.57. The van der Waals surface area contributed by atoms with Crippen LogP contribution in [0.5, 0.6) is 0 Å². The first-order valence-corrected chi connectivity index (χ1v) is 6.26. The largest absolute Gasteiger partial charge is 0.331 e. The van der Waals surface area contributed by atoms with Crippen molar-refractivity contribution in [1.29, 1.82) is 0 Å². The van der Waals surface area contributed by atoms with Crippen LogP contribution in [0.3, 0.4) is 0 Å². The molecule has 0 saturated carbocycles. The molecule has 96 valence electrons. The van der Waals surface area contributed by atoms with Gasteiger partial charge in [-0.15, -0.1) is 0 Å². The second kappa shape index (κ2) is 4.58. The third-order valence-corrected chi connectivity index (χ3v) is 3.57. The van der Waals surface area contributed by atoms with Crippen molar-refractivity contribution in [2.45, 2.75) is 34.2 Å². The van der Waals surface area contributed by atoms with E-state index in [1.807, 2.05) is 0 Å². The summed E-state index contributed by atoms with van der Waals surface area (Å²) in [7, 11) is 2.05. The Morgan fingerprint density at radius 1 is 1.11 bits per heavy atom. The standard InChI is InChI=1S/C15H21N3/c1-9-6-10(2)14(11(3)7-9)15-17-13(8-16)12(4)18(15)5/h6-7H,8,16H2,1-5H3. The van der Waals surface area contributed by atoms with Crippen LogP contribution < -0.4 is 5.73 Å². The molecule has 0 atom stereocenters. The minimum absolute atomic E-state index is 0.490. The first kappa shape index (κ1) is 12.8. The molecule has 0 bridgehead atoms. The number of aryl methyl sites for hydroxylation is 3. The lowest BCUT2D eigenvalue weighted by Gasteiger charge is -2.11. The molecule has 1 aromatic carbocycles. The minimum atomic E-state index is 0.490. The van der Waals surface area contributed by atoms with E-state index < -0.39 is 0 Å². The summed E-state index contributed by atoms with van der Waals surface area (Å²) in [5.74, 6) is 1.02. The lowest BCUT2D eigenvalue weighted by Crippen LogP contribution is -2.00. The Kier molecular flexibility index (Phi) is 3.26. The molecule has 2 aromatic rings. The summed E-state index contributed by atoms with van der Waals surface area (Å²) in [5.41, 5.74) is 12.9. The molecule has 0 radical (unpaired) electrons. The molecule has 0 aliphatic heterocycles. The maximum atomic E-state index is 5.74. The van der Waals surface area contributed by atoms with E-state index in [-0.39, 0.29) is 0 Å². The smallest absolute Gasteiger partial charge is 0.140 e. The molecular formula is C15H21N3. The summed E-state index contributed by atoms with van der Waals surface area (Å²) in [6.45, 7) is 8.96. The highest BCUT2D eigenvalue weighted by molar-refractivity contribution is 5.66. The van der Waals surface area contributed by atoms with Gasteiger partial charge in [-0.25, -0.2) is 4.98 Å². The molecule has 0 saturated heterocycles. The number of nitrogens with two attached hydrogens (primary N) is 1. The Labute approximate surface area is 109 Å². The zero-order valence-corrected chi connectivity index (χ0v) is 11.8. The lowest BCUT2D eigenvalue weighted by atomic mass is 9.99. The molecule has 0 spiro atoms. The zero-order chi connectivity index (χ0) is 13.4. The van der Waals surface area contributed by atoms with Gasteiger partial charge in [-0.05, 0) is 38.8 Å². The Hall–Kier alpha value is -1.61. The predicted molar refractivity (Wildman–Crippen MR) is 75.5 cm³/mol. The lowest BCUT2D eigenvalue weighted by molar-refractivity contribution is 0.871. The normalized spacial score (nSPS) is 11.0. The van der Waals surface area contributed by atoms with E-state index in [1.54, 1.807) is 0 Å². The van der Waals surface area contributed by atoms with E-state index in [0.717, 1.165) is 17.2 Å². The van der Waals surface area contributed by atoms with Gasteiger partial charge in [0.15, 0.2) is 0 Å². The molecule has 0 unspecified atom stereocenters. The number of nitrogens with zero attached hydrogens (tertiary/aromatic N) is 2. The van der Waals surface area contributed by atoms with Crippen LogP contribution in [0.1, 0.15) is 28.1 Å². The number of aromatic nitrogens is 2.